The van der Waals surface area contributed by atoms with Crippen molar-refractivity contribution in [2.24, 2.45) is 0 Å². The van der Waals surface area contributed by atoms with Gasteiger partial charge < -0.3 is 10.5 Å². The molecule has 0 radical (unpaired) electrons. The molecule has 0 atom stereocenters. The van der Waals surface area contributed by atoms with E-state index in [4.69, 9.17) is 10.5 Å². The molecule has 142 valence electrons. The van der Waals surface area contributed by atoms with Crippen LogP contribution in [0.2, 0.25) is 0 Å². The summed E-state index contributed by atoms with van der Waals surface area (Å²) in [5, 5.41) is 9.30. The van der Waals surface area contributed by atoms with Crippen molar-refractivity contribution in [3.8, 4) is 34.2 Å². The number of benzene rings is 2. The Morgan fingerprint density at radius 1 is 0.929 bits per heavy atom. The average molecular weight is 391 g/mol. The third-order valence-corrected chi connectivity index (χ3v) is 4.02. The Kier molecular flexibility index (Phi) is 4.88. The fourth-order valence-corrected chi connectivity index (χ4v) is 2.72. The maximum Gasteiger partial charge on any atom is 0.200 e. The van der Waals surface area contributed by atoms with E-state index in [0.717, 1.165) is 6.07 Å². The Balaban J connectivity index is 2.41. The van der Waals surface area contributed by atoms with Crippen LogP contribution in [0.1, 0.15) is 5.56 Å². The fraction of sp³-hybridized carbons (Fsp3) is 0.0526. The highest BCUT2D eigenvalue weighted by Gasteiger charge is 2.29. The number of nitrogen functional groups attached to an aromatic ring is 1. The molecule has 0 bridgehead atoms. The number of anilines is 1. The molecule has 0 saturated carbocycles. The van der Waals surface area contributed by atoms with E-state index in [-0.39, 0.29) is 5.69 Å². The van der Waals surface area contributed by atoms with Gasteiger partial charge in [-0.15, -0.1) is 0 Å². The number of halogens is 5. The van der Waals surface area contributed by atoms with Gasteiger partial charge in [-0.1, -0.05) is 12.1 Å². The standard InChI is InChI=1S/C19H10F5N3O/c1-28-12-5-3-2-4-8(12)11-6-9(10(7-25)19(26)27-11)13-14(20)16(22)18(24)17(23)15(13)21/h2-6H,1H3,(H2,26,27). The fourth-order valence-electron chi connectivity index (χ4n) is 2.72. The van der Waals surface area contributed by atoms with Gasteiger partial charge in [0.15, 0.2) is 23.3 Å². The molecular formula is C19H10F5N3O. The summed E-state index contributed by atoms with van der Waals surface area (Å²) in [6.07, 6.45) is 0. The van der Waals surface area contributed by atoms with Crippen molar-refractivity contribution < 1.29 is 26.7 Å². The molecule has 28 heavy (non-hydrogen) atoms. The maximum absolute atomic E-state index is 14.3. The summed E-state index contributed by atoms with van der Waals surface area (Å²) in [4.78, 5) is 4.00. The van der Waals surface area contributed by atoms with Crippen LogP contribution in [0.25, 0.3) is 22.4 Å². The minimum Gasteiger partial charge on any atom is -0.496 e. The minimum atomic E-state index is -2.30. The van der Waals surface area contributed by atoms with Crippen LogP contribution in [0.5, 0.6) is 5.75 Å². The molecule has 0 aliphatic rings. The number of ether oxygens (including phenoxy) is 1. The summed E-state index contributed by atoms with van der Waals surface area (Å²) < 4.78 is 74.5. The Morgan fingerprint density at radius 3 is 2.07 bits per heavy atom. The monoisotopic (exact) mass is 391 g/mol. The topological polar surface area (TPSA) is 71.9 Å². The second kappa shape index (κ2) is 7.15. The predicted molar refractivity (Wildman–Crippen MR) is 90.6 cm³/mol. The van der Waals surface area contributed by atoms with E-state index in [0.29, 0.717) is 11.3 Å². The molecule has 2 N–H and O–H groups in total. The zero-order valence-electron chi connectivity index (χ0n) is 14.2. The van der Waals surface area contributed by atoms with Gasteiger partial charge in [0.1, 0.15) is 23.2 Å². The summed E-state index contributed by atoms with van der Waals surface area (Å²) in [7, 11) is 1.37. The molecule has 1 aromatic heterocycles. The number of methoxy groups -OCH3 is 1. The first-order valence-electron chi connectivity index (χ1n) is 7.67. The lowest BCUT2D eigenvalue weighted by Crippen LogP contribution is -2.07. The van der Waals surface area contributed by atoms with Gasteiger partial charge in [0.05, 0.1) is 18.4 Å². The second-order valence-corrected chi connectivity index (χ2v) is 5.57. The Morgan fingerprint density at radius 2 is 1.50 bits per heavy atom. The molecule has 3 rings (SSSR count). The first-order valence-corrected chi connectivity index (χ1v) is 7.67. The lowest BCUT2D eigenvalue weighted by Gasteiger charge is -2.14. The zero-order chi connectivity index (χ0) is 20.6. The minimum absolute atomic E-state index is 0.0212. The average Bonchev–Trinajstić information content (AvgIpc) is 2.70. The summed E-state index contributed by atoms with van der Waals surface area (Å²) in [6.45, 7) is 0. The van der Waals surface area contributed by atoms with Crippen molar-refractivity contribution in [2.45, 2.75) is 0 Å². The molecule has 0 unspecified atom stereocenters. The van der Waals surface area contributed by atoms with Gasteiger partial charge in [0.2, 0.25) is 5.82 Å². The van der Waals surface area contributed by atoms with Crippen LogP contribution in [0.15, 0.2) is 30.3 Å². The van der Waals surface area contributed by atoms with Crippen LogP contribution < -0.4 is 10.5 Å². The van der Waals surface area contributed by atoms with E-state index >= 15 is 0 Å². The van der Waals surface area contributed by atoms with E-state index in [2.05, 4.69) is 4.98 Å². The van der Waals surface area contributed by atoms with Crippen molar-refractivity contribution in [3.63, 3.8) is 0 Å². The van der Waals surface area contributed by atoms with Crippen LogP contribution in [0.4, 0.5) is 27.8 Å². The molecule has 0 saturated heterocycles. The van der Waals surface area contributed by atoms with Gasteiger partial charge in [0.25, 0.3) is 0 Å². The van der Waals surface area contributed by atoms with E-state index in [1.54, 1.807) is 30.3 Å². The summed E-state index contributed by atoms with van der Waals surface area (Å²) in [5.41, 5.74) is 3.71. The molecule has 9 heteroatoms. The molecule has 1 heterocycles. The SMILES string of the molecule is COc1ccccc1-c1cc(-c2c(F)c(F)c(F)c(F)c2F)c(C#N)c(N)n1. The first-order chi connectivity index (χ1) is 13.3. The van der Waals surface area contributed by atoms with Crippen molar-refractivity contribution in [3.05, 3.63) is 65.0 Å². The third kappa shape index (κ3) is 2.89. The summed E-state index contributed by atoms with van der Waals surface area (Å²) in [6, 6.07) is 9.00. The van der Waals surface area contributed by atoms with Crippen molar-refractivity contribution in [1.29, 1.82) is 5.26 Å². The lowest BCUT2D eigenvalue weighted by molar-refractivity contribution is 0.381. The van der Waals surface area contributed by atoms with E-state index in [9.17, 15) is 27.2 Å². The number of nitriles is 1. The summed E-state index contributed by atoms with van der Waals surface area (Å²) in [5.74, 6) is -10.8. The highest BCUT2D eigenvalue weighted by molar-refractivity contribution is 5.82. The molecule has 3 aromatic rings. The number of aromatic nitrogens is 1. The normalized spacial score (nSPS) is 10.6. The van der Waals surface area contributed by atoms with Gasteiger partial charge >= 0.3 is 0 Å². The van der Waals surface area contributed by atoms with Crippen molar-refractivity contribution in [1.82, 2.24) is 4.98 Å². The Labute approximate surface area is 155 Å². The number of pyridine rings is 1. The highest BCUT2D eigenvalue weighted by Crippen LogP contribution is 2.38. The number of hydrogen-bond acceptors (Lipinski definition) is 4. The van der Waals surface area contributed by atoms with Crippen molar-refractivity contribution in [2.75, 3.05) is 12.8 Å². The number of rotatable bonds is 3. The largest absolute Gasteiger partial charge is 0.496 e. The zero-order valence-corrected chi connectivity index (χ0v) is 14.2. The lowest BCUT2D eigenvalue weighted by atomic mass is 9.96. The van der Waals surface area contributed by atoms with E-state index in [1.807, 2.05) is 0 Å². The quantitative estimate of drug-likeness (QED) is 0.403. The number of para-hydroxylation sites is 1. The molecular weight excluding hydrogens is 381 g/mol. The molecule has 0 spiro atoms. The van der Waals surface area contributed by atoms with Gasteiger partial charge in [0, 0.05) is 11.1 Å². The molecule has 0 fully saturated rings. The number of hydrogen-bond donors (Lipinski definition) is 1. The van der Waals surface area contributed by atoms with Crippen LogP contribution in [-0.2, 0) is 0 Å². The number of nitrogens with two attached hydrogens (primary N) is 1. The van der Waals surface area contributed by atoms with Gasteiger partial charge in [-0.05, 0) is 18.2 Å². The number of nitrogens with zero attached hydrogens (tertiary/aromatic N) is 2. The summed E-state index contributed by atoms with van der Waals surface area (Å²) >= 11 is 0. The smallest absolute Gasteiger partial charge is 0.200 e. The second-order valence-electron chi connectivity index (χ2n) is 5.57. The van der Waals surface area contributed by atoms with Crippen molar-refractivity contribution >= 4 is 5.82 Å². The van der Waals surface area contributed by atoms with Crippen LogP contribution in [0, 0.1) is 40.4 Å². The van der Waals surface area contributed by atoms with E-state index < -0.39 is 51.6 Å². The van der Waals surface area contributed by atoms with Gasteiger partial charge in [-0.2, -0.15) is 5.26 Å². The predicted octanol–water partition coefficient (Wildman–Crippen LogP) is 4.57. The molecule has 0 aliphatic heterocycles. The maximum atomic E-state index is 14.3. The van der Waals surface area contributed by atoms with Gasteiger partial charge in [-0.25, -0.2) is 26.9 Å². The first kappa shape index (κ1) is 19.1. The Bertz CT molecular complexity index is 1110. The van der Waals surface area contributed by atoms with Crippen LogP contribution in [-0.4, -0.2) is 12.1 Å². The Hall–Kier alpha value is -3.67. The molecule has 0 aliphatic carbocycles. The van der Waals surface area contributed by atoms with Gasteiger partial charge in [-0.3, -0.25) is 0 Å². The van der Waals surface area contributed by atoms with E-state index in [1.165, 1.54) is 7.11 Å². The molecule has 0 amide bonds. The third-order valence-electron chi connectivity index (χ3n) is 4.02. The molecule has 4 nitrogen and oxygen atoms in total. The molecule has 2 aromatic carbocycles. The highest BCUT2D eigenvalue weighted by atomic mass is 19.2. The van der Waals surface area contributed by atoms with Crippen LogP contribution in [0.3, 0.4) is 0 Å². The van der Waals surface area contributed by atoms with Crippen LogP contribution >= 0.6 is 0 Å².